The molecule has 0 aromatic heterocycles. The lowest BCUT2D eigenvalue weighted by molar-refractivity contribution is 0.129. The number of benzene rings is 1. The Morgan fingerprint density at radius 2 is 1.94 bits per heavy atom. The van der Waals surface area contributed by atoms with E-state index < -0.39 is 16.1 Å². The molecule has 0 heterocycles. The van der Waals surface area contributed by atoms with E-state index in [4.69, 9.17) is 4.74 Å². The van der Waals surface area contributed by atoms with Crippen LogP contribution in [0.2, 0.25) is 0 Å². The Bertz CT molecular complexity index is 485. The topological polar surface area (TPSA) is 75.6 Å². The highest BCUT2D eigenvalue weighted by atomic mass is 32.2. The summed E-state index contributed by atoms with van der Waals surface area (Å²) >= 11 is 0. The van der Waals surface area contributed by atoms with Crippen molar-refractivity contribution in [1.29, 1.82) is 0 Å². The first-order valence-electron chi connectivity index (χ1n) is 5.69. The van der Waals surface area contributed by atoms with Crippen molar-refractivity contribution in [2.75, 3.05) is 13.7 Å². The molecule has 1 rings (SSSR count). The number of hydrogen-bond donors (Lipinski definition) is 2. The van der Waals surface area contributed by atoms with Gasteiger partial charge >= 0.3 is 0 Å². The first-order chi connectivity index (χ1) is 8.38. The average Bonchev–Trinajstić information content (AvgIpc) is 2.35. The predicted molar refractivity (Wildman–Crippen MR) is 69.0 cm³/mol. The summed E-state index contributed by atoms with van der Waals surface area (Å²) in [6.07, 6.45) is -0.713. The minimum absolute atomic E-state index is 0.00892. The van der Waals surface area contributed by atoms with Crippen LogP contribution in [0.15, 0.2) is 29.2 Å². The van der Waals surface area contributed by atoms with E-state index in [1.165, 1.54) is 13.2 Å². The summed E-state index contributed by atoms with van der Waals surface area (Å²) in [5.41, 5.74) is 0. The summed E-state index contributed by atoms with van der Waals surface area (Å²) < 4.78 is 31.5. The molecule has 1 atom stereocenters. The molecule has 0 radical (unpaired) electrons. The fourth-order valence-corrected chi connectivity index (χ4v) is 2.57. The van der Waals surface area contributed by atoms with E-state index in [0.717, 1.165) is 0 Å². The third-order valence-electron chi connectivity index (χ3n) is 2.61. The van der Waals surface area contributed by atoms with Gasteiger partial charge in [0, 0.05) is 6.54 Å². The van der Waals surface area contributed by atoms with Gasteiger partial charge in [-0.05, 0) is 18.1 Å². The molecule has 5 nitrogen and oxygen atoms in total. The van der Waals surface area contributed by atoms with Crippen LogP contribution in [0.5, 0.6) is 5.75 Å². The third-order valence-corrected chi connectivity index (χ3v) is 4.07. The summed E-state index contributed by atoms with van der Waals surface area (Å²) in [6.45, 7) is 3.63. The Morgan fingerprint density at radius 1 is 1.33 bits per heavy atom. The Morgan fingerprint density at radius 3 is 2.50 bits per heavy atom. The second-order valence-electron chi connectivity index (χ2n) is 4.31. The first kappa shape index (κ1) is 14.9. The van der Waals surface area contributed by atoms with Gasteiger partial charge in [0.2, 0.25) is 10.0 Å². The Kier molecular flexibility index (Phi) is 5.13. The highest BCUT2D eigenvalue weighted by molar-refractivity contribution is 7.89. The Labute approximate surface area is 108 Å². The fraction of sp³-hybridized carbons (Fsp3) is 0.500. The van der Waals surface area contributed by atoms with E-state index in [-0.39, 0.29) is 23.1 Å². The SMILES string of the molecule is COc1ccccc1S(=O)(=O)NCC(O)C(C)C. The molecule has 0 spiro atoms. The average molecular weight is 273 g/mol. The van der Waals surface area contributed by atoms with E-state index >= 15 is 0 Å². The van der Waals surface area contributed by atoms with Crippen molar-refractivity contribution < 1.29 is 18.3 Å². The molecule has 0 aliphatic heterocycles. The van der Waals surface area contributed by atoms with Gasteiger partial charge in [-0.1, -0.05) is 26.0 Å². The van der Waals surface area contributed by atoms with Crippen molar-refractivity contribution >= 4 is 10.0 Å². The van der Waals surface area contributed by atoms with Gasteiger partial charge in [-0.25, -0.2) is 13.1 Å². The molecule has 0 aliphatic carbocycles. The highest BCUT2D eigenvalue weighted by Crippen LogP contribution is 2.22. The number of nitrogens with one attached hydrogen (secondary N) is 1. The van der Waals surface area contributed by atoms with E-state index in [0.29, 0.717) is 0 Å². The molecule has 0 aliphatic rings. The maximum Gasteiger partial charge on any atom is 0.244 e. The van der Waals surface area contributed by atoms with Gasteiger partial charge in [0.05, 0.1) is 13.2 Å². The Balaban J connectivity index is 2.87. The van der Waals surface area contributed by atoms with E-state index in [1.54, 1.807) is 18.2 Å². The van der Waals surface area contributed by atoms with Crippen LogP contribution in [-0.4, -0.2) is 33.3 Å². The molecule has 6 heteroatoms. The molecule has 0 saturated carbocycles. The third kappa shape index (κ3) is 3.69. The zero-order valence-corrected chi connectivity index (χ0v) is 11.6. The van der Waals surface area contributed by atoms with Crippen molar-refractivity contribution in [2.45, 2.75) is 24.8 Å². The molecule has 1 unspecified atom stereocenters. The van der Waals surface area contributed by atoms with Gasteiger partial charge < -0.3 is 9.84 Å². The molecule has 1 aromatic rings. The number of ether oxygens (including phenoxy) is 1. The van der Waals surface area contributed by atoms with Gasteiger partial charge in [0.25, 0.3) is 0 Å². The van der Waals surface area contributed by atoms with Gasteiger partial charge in [-0.15, -0.1) is 0 Å². The van der Waals surface area contributed by atoms with Gasteiger partial charge in [-0.3, -0.25) is 0 Å². The molecule has 102 valence electrons. The lowest BCUT2D eigenvalue weighted by Crippen LogP contribution is -2.34. The van der Waals surface area contributed by atoms with Gasteiger partial charge in [-0.2, -0.15) is 0 Å². The number of sulfonamides is 1. The van der Waals surface area contributed by atoms with Crippen molar-refractivity contribution in [3.05, 3.63) is 24.3 Å². The van der Waals surface area contributed by atoms with E-state index in [9.17, 15) is 13.5 Å². The number of rotatable bonds is 6. The van der Waals surface area contributed by atoms with Crippen LogP contribution in [0.25, 0.3) is 0 Å². The van der Waals surface area contributed by atoms with Crippen LogP contribution < -0.4 is 9.46 Å². The van der Waals surface area contributed by atoms with E-state index in [1.807, 2.05) is 13.8 Å². The molecular weight excluding hydrogens is 254 g/mol. The molecular formula is C12H19NO4S. The van der Waals surface area contributed by atoms with Crippen molar-refractivity contribution in [3.63, 3.8) is 0 Å². The van der Waals surface area contributed by atoms with Crippen LogP contribution in [-0.2, 0) is 10.0 Å². The lowest BCUT2D eigenvalue weighted by atomic mass is 10.1. The fourth-order valence-electron chi connectivity index (χ4n) is 1.35. The molecule has 18 heavy (non-hydrogen) atoms. The number of aliphatic hydroxyl groups is 1. The van der Waals surface area contributed by atoms with Crippen molar-refractivity contribution in [3.8, 4) is 5.75 Å². The van der Waals surface area contributed by atoms with Crippen LogP contribution in [0.3, 0.4) is 0 Å². The van der Waals surface area contributed by atoms with E-state index in [2.05, 4.69) is 4.72 Å². The summed E-state index contributed by atoms with van der Waals surface area (Å²) in [6, 6.07) is 6.35. The quantitative estimate of drug-likeness (QED) is 0.810. The highest BCUT2D eigenvalue weighted by Gasteiger charge is 2.20. The minimum atomic E-state index is -3.67. The molecule has 0 amide bonds. The number of methoxy groups -OCH3 is 1. The number of para-hydroxylation sites is 1. The van der Waals surface area contributed by atoms with Crippen molar-refractivity contribution in [2.24, 2.45) is 5.92 Å². The zero-order valence-electron chi connectivity index (χ0n) is 10.8. The largest absolute Gasteiger partial charge is 0.495 e. The second-order valence-corrected chi connectivity index (χ2v) is 6.05. The predicted octanol–water partition coefficient (Wildman–Crippen LogP) is 0.990. The monoisotopic (exact) mass is 273 g/mol. The molecule has 1 aromatic carbocycles. The molecule has 2 N–H and O–H groups in total. The number of aliphatic hydroxyl groups excluding tert-OH is 1. The van der Waals surface area contributed by atoms with Crippen LogP contribution >= 0.6 is 0 Å². The first-order valence-corrected chi connectivity index (χ1v) is 7.17. The summed E-state index contributed by atoms with van der Waals surface area (Å²) in [7, 11) is -2.25. The van der Waals surface area contributed by atoms with Crippen LogP contribution in [0.1, 0.15) is 13.8 Å². The zero-order chi connectivity index (χ0) is 13.8. The summed E-state index contributed by atoms with van der Waals surface area (Å²) in [5, 5.41) is 9.60. The number of hydrogen-bond acceptors (Lipinski definition) is 4. The molecule has 0 bridgehead atoms. The summed E-state index contributed by atoms with van der Waals surface area (Å²) in [4.78, 5) is 0.0726. The second kappa shape index (κ2) is 6.17. The maximum atomic E-state index is 12.0. The van der Waals surface area contributed by atoms with Crippen LogP contribution in [0, 0.1) is 5.92 Å². The van der Waals surface area contributed by atoms with Crippen molar-refractivity contribution in [1.82, 2.24) is 4.72 Å². The summed E-state index contributed by atoms with van der Waals surface area (Å²) in [5.74, 6) is 0.273. The van der Waals surface area contributed by atoms with Crippen LogP contribution in [0.4, 0.5) is 0 Å². The standard InChI is InChI=1S/C12H19NO4S/c1-9(2)10(14)8-13-18(15,16)12-7-5-4-6-11(12)17-3/h4-7,9-10,13-14H,8H2,1-3H3. The minimum Gasteiger partial charge on any atom is -0.495 e. The lowest BCUT2D eigenvalue weighted by Gasteiger charge is -2.16. The van der Waals surface area contributed by atoms with Gasteiger partial charge in [0.1, 0.15) is 10.6 Å². The normalized spacial score (nSPS) is 13.6. The smallest absolute Gasteiger partial charge is 0.244 e. The van der Waals surface area contributed by atoms with Gasteiger partial charge in [0.15, 0.2) is 0 Å². The molecule has 0 fully saturated rings. The molecule has 0 saturated heterocycles. The Hall–Kier alpha value is -1.11. The maximum absolute atomic E-state index is 12.0.